The van der Waals surface area contributed by atoms with Gasteiger partial charge in [0.15, 0.2) is 0 Å². The molecular formula is C9H13ClN4O2. The molecule has 6 nitrogen and oxygen atoms in total. The molecule has 0 bridgehead atoms. The second kappa shape index (κ2) is 6.12. The molecule has 0 spiro atoms. The van der Waals surface area contributed by atoms with Crippen LogP contribution >= 0.6 is 11.6 Å². The molecule has 1 aromatic heterocycles. The van der Waals surface area contributed by atoms with E-state index in [0.29, 0.717) is 24.4 Å². The van der Waals surface area contributed by atoms with Crippen LogP contribution in [0.15, 0.2) is 12.4 Å². The molecule has 7 heteroatoms. The number of nitrogens with zero attached hydrogens (tertiary/aromatic N) is 2. The van der Waals surface area contributed by atoms with E-state index in [9.17, 15) is 9.59 Å². The number of alkyl halides is 1. The third kappa shape index (κ3) is 4.31. The lowest BCUT2D eigenvalue weighted by molar-refractivity contribution is -0.118. The zero-order valence-electron chi connectivity index (χ0n) is 8.65. The fourth-order valence-electron chi connectivity index (χ4n) is 1.13. The fourth-order valence-corrected chi connectivity index (χ4v) is 1.26. The van der Waals surface area contributed by atoms with Crippen LogP contribution in [0.1, 0.15) is 12.8 Å². The lowest BCUT2D eigenvalue weighted by Gasteiger charge is -2.00. The minimum atomic E-state index is -0.483. The number of nitrogens with one attached hydrogen (secondary N) is 1. The lowest BCUT2D eigenvalue weighted by Crippen LogP contribution is -2.18. The highest BCUT2D eigenvalue weighted by molar-refractivity contribution is 6.18. The molecule has 0 aliphatic carbocycles. The Bertz CT molecular complexity index is 377. The van der Waals surface area contributed by atoms with Crippen molar-refractivity contribution < 1.29 is 9.59 Å². The molecule has 0 atom stereocenters. The van der Waals surface area contributed by atoms with Crippen molar-refractivity contribution in [3.8, 4) is 0 Å². The van der Waals surface area contributed by atoms with Crippen molar-refractivity contribution in [1.29, 1.82) is 0 Å². The predicted molar refractivity (Wildman–Crippen MR) is 60.0 cm³/mol. The van der Waals surface area contributed by atoms with Crippen molar-refractivity contribution in [3.63, 3.8) is 0 Å². The molecule has 1 aromatic rings. The molecule has 1 rings (SSSR count). The number of primary amides is 1. The second-order valence-electron chi connectivity index (χ2n) is 3.23. The number of hydrogen-bond acceptors (Lipinski definition) is 3. The first-order valence-electron chi connectivity index (χ1n) is 4.78. The van der Waals surface area contributed by atoms with Gasteiger partial charge in [0.25, 0.3) is 0 Å². The number of carbonyl (C=O) groups excluding carboxylic acids is 2. The molecule has 0 fully saturated rings. The van der Waals surface area contributed by atoms with E-state index >= 15 is 0 Å². The summed E-state index contributed by atoms with van der Waals surface area (Å²) < 4.78 is 1.36. The maximum Gasteiger partial charge on any atom is 0.239 e. The molecular weight excluding hydrogens is 232 g/mol. The van der Waals surface area contributed by atoms with Crippen LogP contribution in [-0.4, -0.2) is 27.5 Å². The maximum atomic E-state index is 11.3. The number of hydrogen-bond donors (Lipinski definition) is 2. The molecule has 0 aromatic carbocycles. The van der Waals surface area contributed by atoms with Crippen molar-refractivity contribution in [3.05, 3.63) is 12.4 Å². The summed E-state index contributed by atoms with van der Waals surface area (Å²) >= 11 is 5.46. The Kier molecular flexibility index (Phi) is 4.78. The largest absolute Gasteiger partial charge is 0.368 e. The van der Waals surface area contributed by atoms with Crippen LogP contribution in [0.4, 0.5) is 5.69 Å². The van der Waals surface area contributed by atoms with Crippen molar-refractivity contribution in [2.24, 2.45) is 5.73 Å². The number of amides is 2. The summed E-state index contributed by atoms with van der Waals surface area (Å²) in [7, 11) is 0. The summed E-state index contributed by atoms with van der Waals surface area (Å²) in [4.78, 5) is 21.9. The molecule has 0 radical (unpaired) electrons. The zero-order valence-corrected chi connectivity index (χ0v) is 9.41. The minimum Gasteiger partial charge on any atom is -0.368 e. The third-order valence-corrected chi connectivity index (χ3v) is 2.04. The van der Waals surface area contributed by atoms with Crippen LogP contribution < -0.4 is 11.1 Å². The topological polar surface area (TPSA) is 90.0 Å². The molecule has 88 valence electrons. The van der Waals surface area contributed by atoms with Crippen molar-refractivity contribution in [2.45, 2.75) is 19.4 Å². The number of rotatable bonds is 6. The Balaban J connectivity index is 2.45. The van der Waals surface area contributed by atoms with Gasteiger partial charge in [-0.1, -0.05) is 0 Å². The van der Waals surface area contributed by atoms with E-state index in [1.807, 2.05) is 0 Å². The van der Waals surface area contributed by atoms with Gasteiger partial charge >= 0.3 is 0 Å². The van der Waals surface area contributed by atoms with Gasteiger partial charge in [-0.05, 0) is 6.42 Å². The smallest absolute Gasteiger partial charge is 0.239 e. The molecule has 0 aliphatic heterocycles. The summed E-state index contributed by atoms with van der Waals surface area (Å²) in [5.74, 6) is -0.156. The summed E-state index contributed by atoms with van der Waals surface area (Å²) in [6.07, 6.45) is 4.00. The Labute approximate surface area is 97.7 Å². The van der Waals surface area contributed by atoms with Crippen LogP contribution in [0, 0.1) is 0 Å². The normalized spacial score (nSPS) is 10.1. The lowest BCUT2D eigenvalue weighted by atomic mass is 10.3. The summed E-state index contributed by atoms with van der Waals surface area (Å²) in [6.45, 7) is -0.00243. The van der Waals surface area contributed by atoms with E-state index in [1.54, 1.807) is 6.20 Å². The highest BCUT2D eigenvalue weighted by Crippen LogP contribution is 2.06. The van der Waals surface area contributed by atoms with Gasteiger partial charge in [0.1, 0.15) is 6.54 Å². The molecule has 0 saturated carbocycles. The standard InChI is InChI=1S/C9H13ClN4O2/c10-3-1-2-9(16)13-7-4-12-14(5-7)6-8(11)15/h4-5H,1-3,6H2,(H2,11,15)(H,13,16). The van der Waals surface area contributed by atoms with E-state index in [-0.39, 0.29) is 12.5 Å². The van der Waals surface area contributed by atoms with Crippen LogP contribution in [0.3, 0.4) is 0 Å². The number of carbonyl (C=O) groups is 2. The Morgan fingerprint density at radius 2 is 2.31 bits per heavy atom. The fraction of sp³-hybridized carbons (Fsp3) is 0.444. The average molecular weight is 245 g/mol. The van der Waals surface area contributed by atoms with E-state index in [1.165, 1.54) is 10.9 Å². The van der Waals surface area contributed by atoms with Crippen molar-refractivity contribution in [1.82, 2.24) is 9.78 Å². The molecule has 16 heavy (non-hydrogen) atoms. The Morgan fingerprint density at radius 3 is 2.94 bits per heavy atom. The van der Waals surface area contributed by atoms with Crippen molar-refractivity contribution >= 4 is 29.1 Å². The molecule has 2 amide bonds. The van der Waals surface area contributed by atoms with Crippen LogP contribution in [0.5, 0.6) is 0 Å². The summed E-state index contributed by atoms with van der Waals surface area (Å²) in [5, 5.41) is 6.50. The minimum absolute atomic E-state index is 0.00243. The summed E-state index contributed by atoms with van der Waals surface area (Å²) in [6, 6.07) is 0. The van der Waals surface area contributed by atoms with E-state index in [0.717, 1.165) is 0 Å². The number of halogens is 1. The van der Waals surface area contributed by atoms with E-state index < -0.39 is 5.91 Å². The van der Waals surface area contributed by atoms with Crippen LogP contribution in [0.25, 0.3) is 0 Å². The van der Waals surface area contributed by atoms with Gasteiger partial charge in [-0.25, -0.2) is 0 Å². The highest BCUT2D eigenvalue weighted by atomic mass is 35.5. The van der Waals surface area contributed by atoms with E-state index in [4.69, 9.17) is 17.3 Å². The molecule has 3 N–H and O–H groups in total. The van der Waals surface area contributed by atoms with Gasteiger partial charge in [-0.3, -0.25) is 14.3 Å². The van der Waals surface area contributed by atoms with Gasteiger partial charge in [0.2, 0.25) is 11.8 Å². The third-order valence-electron chi connectivity index (χ3n) is 1.77. The van der Waals surface area contributed by atoms with Crippen LogP contribution in [0.2, 0.25) is 0 Å². The molecule has 1 heterocycles. The Morgan fingerprint density at radius 1 is 1.56 bits per heavy atom. The van der Waals surface area contributed by atoms with Crippen LogP contribution in [-0.2, 0) is 16.1 Å². The molecule has 0 saturated heterocycles. The SMILES string of the molecule is NC(=O)Cn1cc(NC(=O)CCCCl)cn1. The number of aromatic nitrogens is 2. The number of nitrogens with two attached hydrogens (primary N) is 1. The van der Waals surface area contributed by atoms with Gasteiger partial charge in [-0.2, -0.15) is 5.10 Å². The van der Waals surface area contributed by atoms with Gasteiger partial charge < -0.3 is 11.1 Å². The monoisotopic (exact) mass is 244 g/mol. The first-order chi connectivity index (χ1) is 7.61. The summed E-state index contributed by atoms with van der Waals surface area (Å²) in [5.41, 5.74) is 5.54. The second-order valence-corrected chi connectivity index (χ2v) is 3.61. The first kappa shape index (κ1) is 12.5. The quantitative estimate of drug-likeness (QED) is 0.707. The average Bonchev–Trinajstić information content (AvgIpc) is 2.61. The van der Waals surface area contributed by atoms with Crippen molar-refractivity contribution in [2.75, 3.05) is 11.2 Å². The predicted octanol–water partition coefficient (Wildman–Crippen LogP) is 0.326. The zero-order chi connectivity index (χ0) is 12.0. The molecule has 0 aliphatic rings. The Hall–Kier alpha value is -1.56. The van der Waals surface area contributed by atoms with Gasteiger partial charge in [-0.15, -0.1) is 11.6 Å². The highest BCUT2D eigenvalue weighted by Gasteiger charge is 2.05. The van der Waals surface area contributed by atoms with Gasteiger partial charge in [0.05, 0.1) is 11.9 Å². The van der Waals surface area contributed by atoms with Gasteiger partial charge in [0, 0.05) is 18.5 Å². The first-order valence-corrected chi connectivity index (χ1v) is 5.32. The van der Waals surface area contributed by atoms with E-state index in [2.05, 4.69) is 10.4 Å². The molecule has 0 unspecified atom stereocenters. The number of anilines is 1. The maximum absolute atomic E-state index is 11.3.